The van der Waals surface area contributed by atoms with Crippen LogP contribution in [0.25, 0.3) is 5.69 Å². The van der Waals surface area contributed by atoms with E-state index in [2.05, 4.69) is 10.4 Å². The van der Waals surface area contributed by atoms with Crippen molar-refractivity contribution in [3.63, 3.8) is 0 Å². The first-order valence-electron chi connectivity index (χ1n) is 7.30. The van der Waals surface area contributed by atoms with Gasteiger partial charge in [-0.05, 0) is 38.3 Å². The number of aliphatic carboxylic acids is 1. The third-order valence-electron chi connectivity index (χ3n) is 4.30. The Bertz CT molecular complexity index is 781. The second-order valence-corrected chi connectivity index (χ2v) is 5.70. The van der Waals surface area contributed by atoms with Crippen LogP contribution >= 0.6 is 0 Å². The van der Waals surface area contributed by atoms with E-state index in [1.54, 1.807) is 25.1 Å². The summed E-state index contributed by atoms with van der Waals surface area (Å²) in [7, 11) is 0. The lowest BCUT2D eigenvalue weighted by Crippen LogP contribution is -2.59. The molecule has 120 valence electrons. The van der Waals surface area contributed by atoms with E-state index in [1.807, 2.05) is 0 Å². The number of nitrogens with one attached hydrogen (secondary N) is 1. The number of para-hydroxylation sites is 1. The summed E-state index contributed by atoms with van der Waals surface area (Å²) in [4.78, 5) is 23.7. The second-order valence-electron chi connectivity index (χ2n) is 5.70. The Morgan fingerprint density at radius 3 is 2.61 bits per heavy atom. The first kappa shape index (κ1) is 15.2. The minimum Gasteiger partial charge on any atom is -0.480 e. The lowest BCUT2D eigenvalue weighted by atomic mass is 9.76. The Morgan fingerprint density at radius 2 is 2.04 bits per heavy atom. The van der Waals surface area contributed by atoms with E-state index in [0.29, 0.717) is 18.5 Å². The molecule has 0 radical (unpaired) electrons. The molecule has 1 heterocycles. The van der Waals surface area contributed by atoms with Crippen LogP contribution in [0.3, 0.4) is 0 Å². The molecule has 0 aliphatic heterocycles. The number of carbonyl (C=O) groups excluding carboxylic acids is 1. The summed E-state index contributed by atoms with van der Waals surface area (Å²) >= 11 is 0. The molecule has 2 N–H and O–H groups in total. The summed E-state index contributed by atoms with van der Waals surface area (Å²) in [6.07, 6.45) is 2.91. The van der Waals surface area contributed by atoms with Gasteiger partial charge in [0.1, 0.15) is 17.0 Å². The van der Waals surface area contributed by atoms with Crippen LogP contribution in [0.4, 0.5) is 4.39 Å². The first-order chi connectivity index (χ1) is 10.9. The van der Waals surface area contributed by atoms with Crippen LogP contribution in [-0.2, 0) is 4.79 Å². The van der Waals surface area contributed by atoms with Crippen molar-refractivity contribution < 1.29 is 19.1 Å². The number of halogens is 1. The molecular formula is C16H16FN3O3. The van der Waals surface area contributed by atoms with Gasteiger partial charge in [-0.1, -0.05) is 12.1 Å². The number of hydrogen-bond acceptors (Lipinski definition) is 3. The minimum absolute atomic E-state index is 0.237. The van der Waals surface area contributed by atoms with Crippen molar-refractivity contribution in [1.29, 1.82) is 0 Å². The predicted molar refractivity (Wildman–Crippen MR) is 79.9 cm³/mol. The van der Waals surface area contributed by atoms with Crippen LogP contribution in [0.2, 0.25) is 0 Å². The first-order valence-corrected chi connectivity index (χ1v) is 7.30. The van der Waals surface area contributed by atoms with Gasteiger partial charge in [0.05, 0.1) is 17.5 Å². The van der Waals surface area contributed by atoms with Crippen LogP contribution in [0, 0.1) is 12.7 Å². The lowest BCUT2D eigenvalue weighted by molar-refractivity contribution is -0.148. The number of hydrogen-bond donors (Lipinski definition) is 2. The van der Waals surface area contributed by atoms with E-state index in [4.69, 9.17) is 0 Å². The molecule has 1 fully saturated rings. The highest BCUT2D eigenvalue weighted by molar-refractivity contribution is 5.99. The maximum Gasteiger partial charge on any atom is 0.329 e. The summed E-state index contributed by atoms with van der Waals surface area (Å²) < 4.78 is 15.2. The Balaban J connectivity index is 1.89. The third-order valence-corrected chi connectivity index (χ3v) is 4.30. The molecule has 3 rings (SSSR count). The number of carboxylic acid groups (broad SMARTS) is 1. The molecule has 0 spiro atoms. The average Bonchev–Trinajstić information content (AvgIpc) is 2.84. The highest BCUT2D eigenvalue weighted by Gasteiger charge is 2.46. The quantitative estimate of drug-likeness (QED) is 0.904. The maximum absolute atomic E-state index is 13.9. The van der Waals surface area contributed by atoms with Crippen molar-refractivity contribution in [2.75, 3.05) is 0 Å². The SMILES string of the molecule is Cc1c(C(=O)NC2(C(=O)O)CCC2)cnn1-c1ccccc1F. The Morgan fingerprint density at radius 1 is 1.35 bits per heavy atom. The van der Waals surface area contributed by atoms with E-state index in [-0.39, 0.29) is 11.3 Å². The van der Waals surface area contributed by atoms with Gasteiger partial charge in [0.15, 0.2) is 0 Å². The number of amides is 1. The zero-order valence-corrected chi connectivity index (χ0v) is 12.5. The number of nitrogens with zero attached hydrogens (tertiary/aromatic N) is 2. The van der Waals surface area contributed by atoms with Crippen molar-refractivity contribution in [2.45, 2.75) is 31.7 Å². The molecule has 1 aromatic carbocycles. The zero-order chi connectivity index (χ0) is 16.6. The third kappa shape index (κ3) is 2.48. The predicted octanol–water partition coefficient (Wildman–Crippen LogP) is 2.06. The van der Waals surface area contributed by atoms with Crippen LogP contribution in [0.15, 0.2) is 30.5 Å². The zero-order valence-electron chi connectivity index (χ0n) is 12.5. The molecule has 0 unspecified atom stereocenters. The van der Waals surface area contributed by atoms with Crippen molar-refractivity contribution in [3.8, 4) is 5.69 Å². The molecule has 0 saturated heterocycles. The van der Waals surface area contributed by atoms with E-state index in [0.717, 1.165) is 6.42 Å². The number of carboxylic acids is 1. The lowest BCUT2D eigenvalue weighted by Gasteiger charge is -2.38. The fraction of sp³-hybridized carbons (Fsp3) is 0.312. The van der Waals surface area contributed by atoms with Crippen molar-refractivity contribution in [2.24, 2.45) is 0 Å². The van der Waals surface area contributed by atoms with Crippen LogP contribution in [0.1, 0.15) is 35.3 Å². The average molecular weight is 317 g/mol. The molecule has 1 aromatic heterocycles. The largest absolute Gasteiger partial charge is 0.480 e. The standard InChI is InChI=1S/C16H16FN3O3/c1-10-11(14(21)19-16(15(22)23)7-4-8-16)9-18-20(10)13-6-3-2-5-12(13)17/h2-3,5-6,9H,4,7-8H2,1H3,(H,19,21)(H,22,23). The minimum atomic E-state index is -1.19. The topological polar surface area (TPSA) is 84.2 Å². The highest BCUT2D eigenvalue weighted by atomic mass is 19.1. The van der Waals surface area contributed by atoms with Crippen LogP contribution < -0.4 is 5.32 Å². The molecule has 1 saturated carbocycles. The van der Waals surface area contributed by atoms with Gasteiger partial charge in [-0.2, -0.15) is 5.10 Å². The Labute approximate surface area is 131 Å². The number of benzene rings is 1. The Hall–Kier alpha value is -2.70. The van der Waals surface area contributed by atoms with E-state index >= 15 is 0 Å². The van der Waals surface area contributed by atoms with Crippen LogP contribution in [0.5, 0.6) is 0 Å². The summed E-state index contributed by atoms with van der Waals surface area (Å²) in [6.45, 7) is 1.64. The summed E-state index contributed by atoms with van der Waals surface area (Å²) in [6, 6.07) is 6.11. The molecular weight excluding hydrogens is 301 g/mol. The van der Waals surface area contributed by atoms with Gasteiger partial charge < -0.3 is 10.4 Å². The number of aromatic nitrogens is 2. The normalized spacial score (nSPS) is 15.7. The fourth-order valence-corrected chi connectivity index (χ4v) is 2.71. The molecule has 0 atom stereocenters. The summed E-state index contributed by atoms with van der Waals surface area (Å²) in [5.74, 6) is -1.99. The fourth-order valence-electron chi connectivity index (χ4n) is 2.71. The van der Waals surface area contributed by atoms with Crippen molar-refractivity contribution in [1.82, 2.24) is 15.1 Å². The molecule has 1 aliphatic carbocycles. The van der Waals surface area contributed by atoms with Gasteiger partial charge in [-0.15, -0.1) is 0 Å². The molecule has 1 aliphatic rings. The van der Waals surface area contributed by atoms with Gasteiger partial charge in [0.2, 0.25) is 0 Å². The molecule has 6 nitrogen and oxygen atoms in total. The van der Waals surface area contributed by atoms with Gasteiger partial charge in [-0.25, -0.2) is 13.9 Å². The maximum atomic E-state index is 13.9. The number of rotatable bonds is 4. The number of carbonyl (C=O) groups is 2. The van der Waals surface area contributed by atoms with Gasteiger partial charge in [0.25, 0.3) is 5.91 Å². The smallest absolute Gasteiger partial charge is 0.329 e. The second kappa shape index (κ2) is 5.49. The van der Waals surface area contributed by atoms with E-state index in [9.17, 15) is 19.1 Å². The van der Waals surface area contributed by atoms with Gasteiger partial charge in [0, 0.05) is 0 Å². The van der Waals surface area contributed by atoms with Gasteiger partial charge >= 0.3 is 5.97 Å². The molecule has 0 bridgehead atoms. The monoisotopic (exact) mass is 317 g/mol. The molecule has 2 aromatic rings. The van der Waals surface area contributed by atoms with E-state index in [1.165, 1.54) is 16.9 Å². The van der Waals surface area contributed by atoms with Gasteiger partial charge in [-0.3, -0.25) is 4.79 Å². The summed E-state index contributed by atoms with van der Waals surface area (Å²) in [5.41, 5.74) is -0.266. The van der Waals surface area contributed by atoms with E-state index < -0.39 is 23.2 Å². The molecule has 1 amide bonds. The molecule has 23 heavy (non-hydrogen) atoms. The van der Waals surface area contributed by atoms with Crippen molar-refractivity contribution in [3.05, 3.63) is 47.5 Å². The Kier molecular flexibility index (Phi) is 3.63. The van der Waals surface area contributed by atoms with Crippen LogP contribution in [-0.4, -0.2) is 32.3 Å². The highest BCUT2D eigenvalue weighted by Crippen LogP contribution is 2.32. The summed E-state index contributed by atoms with van der Waals surface area (Å²) in [5, 5.41) is 15.9. The molecule has 7 heteroatoms. The van der Waals surface area contributed by atoms with Crippen molar-refractivity contribution >= 4 is 11.9 Å².